The zero-order valence-electron chi connectivity index (χ0n) is 15.1. The molecule has 2 heterocycles. The predicted molar refractivity (Wildman–Crippen MR) is 114 cm³/mol. The number of nitrogens with zero attached hydrogens (tertiary/aromatic N) is 3. The summed E-state index contributed by atoms with van der Waals surface area (Å²) in [7, 11) is 0. The number of imide groups is 1. The maximum Gasteiger partial charge on any atom is 0.501 e. The van der Waals surface area contributed by atoms with Crippen LogP contribution in [0.4, 0.5) is 4.79 Å². The monoisotopic (exact) mass is 446 g/mol. The third-order valence-electron chi connectivity index (χ3n) is 4.74. The van der Waals surface area contributed by atoms with Crippen molar-refractivity contribution in [3.8, 4) is 0 Å². The van der Waals surface area contributed by atoms with Gasteiger partial charge in [0.15, 0.2) is 0 Å². The van der Waals surface area contributed by atoms with E-state index < -0.39 is 12.1 Å². The number of halogens is 3. The van der Waals surface area contributed by atoms with Crippen LogP contribution in [0, 0.1) is 0 Å². The predicted octanol–water partition coefficient (Wildman–Crippen LogP) is 4.77. The molecule has 0 fully saturated rings. The van der Waals surface area contributed by atoms with Crippen LogP contribution in [0.1, 0.15) is 11.1 Å². The number of aliphatic imine (C=N–C) groups is 1. The largest absolute Gasteiger partial charge is 0.501 e. The summed E-state index contributed by atoms with van der Waals surface area (Å²) in [6.07, 6.45) is 5.00. The van der Waals surface area contributed by atoms with E-state index in [-0.39, 0.29) is 19.0 Å². The van der Waals surface area contributed by atoms with Crippen molar-refractivity contribution >= 4 is 58.7 Å². The molecule has 5 nitrogen and oxygen atoms in total. The van der Waals surface area contributed by atoms with Gasteiger partial charge in [0, 0.05) is 26.8 Å². The first-order valence-electron chi connectivity index (χ1n) is 8.82. The van der Waals surface area contributed by atoms with Crippen molar-refractivity contribution in [2.45, 2.75) is 19.1 Å². The summed E-state index contributed by atoms with van der Waals surface area (Å²) < 4.78 is 1.53. The third kappa shape index (κ3) is 3.99. The average Bonchev–Trinajstić information content (AvgIpc) is 2.71. The van der Waals surface area contributed by atoms with Crippen LogP contribution < -0.4 is 0 Å². The van der Waals surface area contributed by atoms with Crippen molar-refractivity contribution in [1.29, 1.82) is 0 Å². The number of carbonyl (C=O) groups is 2. The second kappa shape index (κ2) is 8.11. The standard InChI is InChI=1S/C21H15Cl3N3O2/c22-15-6-3-13(4-7-15)11-27-20(28)19-18(2-1-9-25-19)26(21(27)29)12-14-5-8-16(23)10-17(14)24/h1-10,19H,11-12H2/q+1. The molecule has 0 aromatic heterocycles. The van der Waals surface area contributed by atoms with Gasteiger partial charge in [-0.05, 0) is 42.0 Å². The highest BCUT2D eigenvalue weighted by Crippen LogP contribution is 2.24. The number of dihydropyridines is 1. The molecule has 0 N–H and O–H groups in total. The lowest BCUT2D eigenvalue weighted by Crippen LogP contribution is -2.56. The molecule has 0 spiro atoms. The SMILES string of the molecule is O=C1C2N=CC=CC2=[N+](Cc2ccc(Cl)cc2Cl)C(=O)N1Cc1ccc(Cl)cc1. The molecule has 2 aromatic carbocycles. The molecule has 1 unspecified atom stereocenters. The van der Waals surface area contributed by atoms with Crippen LogP contribution in [0.5, 0.6) is 0 Å². The maximum absolute atomic E-state index is 13.3. The number of hydrogen-bond acceptors (Lipinski definition) is 3. The molecular weight excluding hydrogens is 433 g/mol. The van der Waals surface area contributed by atoms with Crippen LogP contribution in [-0.4, -0.2) is 39.4 Å². The zero-order valence-corrected chi connectivity index (χ0v) is 17.3. The first-order chi connectivity index (χ1) is 13.9. The maximum atomic E-state index is 13.3. The minimum absolute atomic E-state index is 0.128. The van der Waals surface area contributed by atoms with Gasteiger partial charge in [0.05, 0.1) is 0 Å². The van der Waals surface area contributed by atoms with Crippen LogP contribution in [0.15, 0.2) is 59.6 Å². The Morgan fingerprint density at radius 1 is 1.00 bits per heavy atom. The zero-order chi connectivity index (χ0) is 20.5. The lowest BCUT2D eigenvalue weighted by atomic mass is 10.0. The van der Waals surface area contributed by atoms with E-state index in [0.717, 1.165) is 11.1 Å². The number of allylic oxidation sites excluding steroid dienone is 1. The fourth-order valence-electron chi connectivity index (χ4n) is 3.27. The Morgan fingerprint density at radius 2 is 1.72 bits per heavy atom. The molecule has 0 bridgehead atoms. The van der Waals surface area contributed by atoms with E-state index in [4.69, 9.17) is 34.8 Å². The van der Waals surface area contributed by atoms with E-state index in [1.807, 2.05) is 0 Å². The van der Waals surface area contributed by atoms with Crippen molar-refractivity contribution in [3.63, 3.8) is 0 Å². The number of carbonyl (C=O) groups excluding carboxylic acids is 2. The van der Waals surface area contributed by atoms with E-state index >= 15 is 0 Å². The van der Waals surface area contributed by atoms with Gasteiger partial charge in [0.25, 0.3) is 0 Å². The number of hydrogen-bond donors (Lipinski definition) is 0. The Hall–Kier alpha value is -2.47. The summed E-state index contributed by atoms with van der Waals surface area (Å²) in [5, 5.41) is 1.55. The first kappa shape index (κ1) is 19.8. The number of urea groups is 1. The number of rotatable bonds is 4. The molecule has 0 saturated carbocycles. The van der Waals surface area contributed by atoms with Crippen molar-refractivity contribution in [2.24, 2.45) is 4.99 Å². The molecule has 2 aliphatic heterocycles. The van der Waals surface area contributed by atoms with Gasteiger partial charge in [0.2, 0.25) is 6.04 Å². The first-order valence-corrected chi connectivity index (χ1v) is 9.95. The number of fused-ring (bicyclic) bond motifs is 1. The molecule has 8 heteroatoms. The number of amides is 3. The molecule has 29 heavy (non-hydrogen) atoms. The van der Waals surface area contributed by atoms with E-state index in [9.17, 15) is 9.59 Å². The van der Waals surface area contributed by atoms with E-state index in [0.29, 0.717) is 20.8 Å². The van der Waals surface area contributed by atoms with Crippen molar-refractivity contribution in [2.75, 3.05) is 0 Å². The molecule has 1 atom stereocenters. The number of benzene rings is 2. The van der Waals surface area contributed by atoms with Crippen molar-refractivity contribution < 1.29 is 14.2 Å². The Morgan fingerprint density at radius 3 is 2.45 bits per heavy atom. The molecule has 3 amide bonds. The second-order valence-corrected chi connectivity index (χ2v) is 7.92. The highest BCUT2D eigenvalue weighted by molar-refractivity contribution is 6.35. The summed E-state index contributed by atoms with van der Waals surface area (Å²) in [4.78, 5) is 31.8. The fourth-order valence-corrected chi connectivity index (χ4v) is 3.86. The summed E-state index contributed by atoms with van der Waals surface area (Å²) in [5.74, 6) is -0.362. The van der Waals surface area contributed by atoms with Crippen molar-refractivity contribution in [1.82, 2.24) is 4.90 Å². The van der Waals surface area contributed by atoms with E-state index in [2.05, 4.69) is 4.99 Å². The van der Waals surface area contributed by atoms with Crippen LogP contribution in [0.3, 0.4) is 0 Å². The van der Waals surface area contributed by atoms with Crippen LogP contribution in [0.2, 0.25) is 15.1 Å². The Bertz CT molecular complexity index is 1090. The second-order valence-electron chi connectivity index (χ2n) is 6.64. The van der Waals surface area contributed by atoms with E-state index in [1.54, 1.807) is 60.8 Å². The van der Waals surface area contributed by atoms with Gasteiger partial charge in [-0.3, -0.25) is 4.99 Å². The fraction of sp³-hybridized carbons (Fsp3) is 0.143. The van der Waals surface area contributed by atoms with Gasteiger partial charge < -0.3 is 0 Å². The van der Waals surface area contributed by atoms with Gasteiger partial charge in [-0.25, -0.2) is 4.79 Å². The van der Waals surface area contributed by atoms with Crippen LogP contribution >= 0.6 is 34.8 Å². The lowest BCUT2D eigenvalue weighted by molar-refractivity contribution is -0.455. The smallest absolute Gasteiger partial charge is 0.269 e. The molecule has 2 aliphatic rings. The topological polar surface area (TPSA) is 52.8 Å². The minimum Gasteiger partial charge on any atom is -0.269 e. The Kier molecular flexibility index (Phi) is 5.54. The van der Waals surface area contributed by atoms with Gasteiger partial charge >= 0.3 is 11.9 Å². The van der Waals surface area contributed by atoms with E-state index in [1.165, 1.54) is 9.48 Å². The van der Waals surface area contributed by atoms with Crippen LogP contribution in [-0.2, 0) is 17.9 Å². The molecule has 0 aliphatic carbocycles. The van der Waals surface area contributed by atoms with Crippen LogP contribution in [0.25, 0.3) is 0 Å². The van der Waals surface area contributed by atoms with Crippen molar-refractivity contribution in [3.05, 3.63) is 80.8 Å². The quantitative estimate of drug-likeness (QED) is 0.634. The summed E-state index contributed by atoms with van der Waals surface area (Å²) in [5.41, 5.74) is 2.04. The summed E-state index contributed by atoms with van der Waals surface area (Å²) in [6.45, 7) is 0.327. The molecule has 2 aromatic rings. The molecule has 4 rings (SSSR count). The van der Waals surface area contributed by atoms with Gasteiger partial charge in [0.1, 0.15) is 18.8 Å². The van der Waals surface area contributed by atoms with Gasteiger partial charge in [-0.2, -0.15) is 14.3 Å². The lowest BCUT2D eigenvalue weighted by Gasteiger charge is -2.26. The summed E-state index contributed by atoms with van der Waals surface area (Å²) in [6, 6.07) is 10.9. The Labute approximate surface area is 182 Å². The summed E-state index contributed by atoms with van der Waals surface area (Å²) >= 11 is 18.2. The van der Waals surface area contributed by atoms with Gasteiger partial charge in [-0.15, -0.1) is 0 Å². The molecule has 0 radical (unpaired) electrons. The van der Waals surface area contributed by atoms with Gasteiger partial charge in [-0.1, -0.05) is 53.0 Å². The minimum atomic E-state index is -0.768. The normalized spacial score (nSPS) is 18.4. The highest BCUT2D eigenvalue weighted by Gasteiger charge is 2.47. The molecule has 0 saturated heterocycles. The Balaban J connectivity index is 1.72. The third-order valence-corrected chi connectivity index (χ3v) is 5.58. The highest BCUT2D eigenvalue weighted by atomic mass is 35.5. The average molecular weight is 448 g/mol. The molecular formula is C21H15Cl3N3O2+. The molecule has 146 valence electrons.